The van der Waals surface area contributed by atoms with E-state index in [1.807, 2.05) is 24.5 Å². The van der Waals surface area contributed by atoms with Gasteiger partial charge in [0.05, 0.1) is 0 Å². The van der Waals surface area contributed by atoms with Gasteiger partial charge in [-0.3, -0.25) is 14.9 Å². The van der Waals surface area contributed by atoms with Gasteiger partial charge in [0.15, 0.2) is 0 Å². The standard InChI is InChI=1S/C13H23N3O/c1-11(2)12(7-8-14)5-6-13(17)15-16-9-3-4-10-16/h3-4,9-12H,5-8,14H2,1-2H3,(H,15,17). The van der Waals surface area contributed by atoms with E-state index in [1.54, 1.807) is 4.68 Å². The summed E-state index contributed by atoms with van der Waals surface area (Å²) in [5.74, 6) is 1.18. The Bertz CT molecular complexity index is 319. The maximum absolute atomic E-state index is 11.7. The van der Waals surface area contributed by atoms with Crippen molar-refractivity contribution in [2.45, 2.75) is 33.1 Å². The van der Waals surface area contributed by atoms with Crippen LogP contribution < -0.4 is 11.2 Å². The zero-order valence-corrected chi connectivity index (χ0v) is 10.7. The van der Waals surface area contributed by atoms with Crippen LogP contribution in [-0.4, -0.2) is 17.1 Å². The predicted molar refractivity (Wildman–Crippen MR) is 70.0 cm³/mol. The highest BCUT2D eigenvalue weighted by Crippen LogP contribution is 2.20. The molecule has 0 fully saturated rings. The second-order valence-corrected chi connectivity index (χ2v) is 4.75. The summed E-state index contributed by atoms with van der Waals surface area (Å²) >= 11 is 0. The van der Waals surface area contributed by atoms with Crippen molar-refractivity contribution in [3.63, 3.8) is 0 Å². The second kappa shape index (κ2) is 7.12. The topological polar surface area (TPSA) is 60.1 Å². The van der Waals surface area contributed by atoms with E-state index in [0.717, 1.165) is 12.8 Å². The quantitative estimate of drug-likeness (QED) is 0.761. The predicted octanol–water partition coefficient (Wildman–Crippen LogP) is 1.96. The molecule has 1 heterocycles. The molecule has 0 aliphatic carbocycles. The Morgan fingerprint density at radius 3 is 2.47 bits per heavy atom. The van der Waals surface area contributed by atoms with Crippen LogP contribution in [0.15, 0.2) is 24.5 Å². The van der Waals surface area contributed by atoms with Gasteiger partial charge in [-0.1, -0.05) is 13.8 Å². The largest absolute Gasteiger partial charge is 0.330 e. The first-order chi connectivity index (χ1) is 8.13. The summed E-state index contributed by atoms with van der Waals surface area (Å²) in [6, 6.07) is 3.76. The normalized spacial score (nSPS) is 12.7. The number of nitrogens with two attached hydrogens (primary N) is 1. The third-order valence-electron chi connectivity index (χ3n) is 3.08. The SMILES string of the molecule is CC(C)C(CCN)CCC(=O)Nn1cccc1. The average Bonchev–Trinajstić information content (AvgIpc) is 2.76. The lowest BCUT2D eigenvalue weighted by atomic mass is 9.88. The van der Waals surface area contributed by atoms with Crippen molar-refractivity contribution in [1.82, 2.24) is 4.68 Å². The fraction of sp³-hybridized carbons (Fsp3) is 0.615. The van der Waals surface area contributed by atoms with Gasteiger partial charge in [0.1, 0.15) is 0 Å². The summed E-state index contributed by atoms with van der Waals surface area (Å²) < 4.78 is 1.68. The van der Waals surface area contributed by atoms with Crippen LogP contribution in [-0.2, 0) is 4.79 Å². The third-order valence-corrected chi connectivity index (χ3v) is 3.08. The molecule has 0 bridgehead atoms. The summed E-state index contributed by atoms with van der Waals surface area (Å²) in [6.45, 7) is 5.07. The Labute approximate surface area is 103 Å². The Hall–Kier alpha value is -1.29. The molecular weight excluding hydrogens is 214 g/mol. The highest BCUT2D eigenvalue weighted by molar-refractivity contribution is 5.83. The number of carbonyl (C=O) groups excluding carboxylic acids is 1. The molecule has 0 saturated heterocycles. The van der Waals surface area contributed by atoms with E-state index in [9.17, 15) is 4.79 Å². The first-order valence-corrected chi connectivity index (χ1v) is 6.26. The van der Waals surface area contributed by atoms with E-state index >= 15 is 0 Å². The molecule has 0 aliphatic heterocycles. The number of rotatable bonds is 7. The molecule has 0 aromatic carbocycles. The van der Waals surface area contributed by atoms with Crippen molar-refractivity contribution in [1.29, 1.82) is 0 Å². The maximum atomic E-state index is 11.7. The molecule has 1 unspecified atom stereocenters. The summed E-state index contributed by atoms with van der Waals surface area (Å²) in [6.07, 6.45) is 6.09. The van der Waals surface area contributed by atoms with Crippen molar-refractivity contribution in [2.24, 2.45) is 17.6 Å². The minimum Gasteiger partial charge on any atom is -0.330 e. The Morgan fingerprint density at radius 1 is 1.29 bits per heavy atom. The minimum atomic E-state index is 0.0591. The second-order valence-electron chi connectivity index (χ2n) is 4.75. The van der Waals surface area contributed by atoms with Crippen molar-refractivity contribution in [3.05, 3.63) is 24.5 Å². The van der Waals surface area contributed by atoms with E-state index in [1.165, 1.54) is 0 Å². The van der Waals surface area contributed by atoms with Gasteiger partial charge in [0.25, 0.3) is 0 Å². The van der Waals surface area contributed by atoms with Gasteiger partial charge in [-0.15, -0.1) is 0 Å². The van der Waals surface area contributed by atoms with Crippen molar-refractivity contribution < 1.29 is 4.79 Å². The third kappa shape index (κ3) is 5.04. The van der Waals surface area contributed by atoms with Crippen molar-refractivity contribution in [3.8, 4) is 0 Å². The molecule has 17 heavy (non-hydrogen) atoms. The van der Waals surface area contributed by atoms with Gasteiger partial charge in [0, 0.05) is 18.8 Å². The Kier molecular flexibility index (Phi) is 5.77. The highest BCUT2D eigenvalue weighted by atomic mass is 16.2. The molecule has 4 heteroatoms. The maximum Gasteiger partial charge on any atom is 0.238 e. The van der Waals surface area contributed by atoms with Crippen LogP contribution in [0.4, 0.5) is 0 Å². The van der Waals surface area contributed by atoms with E-state index in [2.05, 4.69) is 19.3 Å². The smallest absolute Gasteiger partial charge is 0.238 e. The minimum absolute atomic E-state index is 0.0591. The molecule has 0 saturated carbocycles. The average molecular weight is 237 g/mol. The molecule has 3 N–H and O–H groups in total. The molecule has 1 aromatic rings. The molecule has 1 amide bonds. The Balaban J connectivity index is 2.31. The molecule has 1 rings (SSSR count). The van der Waals surface area contributed by atoms with E-state index in [0.29, 0.717) is 24.8 Å². The number of hydrogen-bond donors (Lipinski definition) is 2. The number of amides is 1. The van der Waals surface area contributed by atoms with Crippen LogP contribution >= 0.6 is 0 Å². The van der Waals surface area contributed by atoms with Crippen molar-refractivity contribution in [2.75, 3.05) is 12.0 Å². The lowest BCUT2D eigenvalue weighted by molar-refractivity contribution is -0.117. The molecule has 1 atom stereocenters. The zero-order valence-electron chi connectivity index (χ0n) is 10.7. The molecule has 1 aromatic heterocycles. The summed E-state index contributed by atoms with van der Waals surface area (Å²) in [5.41, 5.74) is 8.38. The molecule has 96 valence electrons. The molecular formula is C13H23N3O. The van der Waals surface area contributed by atoms with E-state index in [4.69, 9.17) is 5.73 Å². The van der Waals surface area contributed by atoms with Crippen LogP contribution in [0.2, 0.25) is 0 Å². The molecule has 0 spiro atoms. The van der Waals surface area contributed by atoms with Crippen LogP contribution in [0.25, 0.3) is 0 Å². The molecule has 4 nitrogen and oxygen atoms in total. The lowest BCUT2D eigenvalue weighted by Gasteiger charge is -2.19. The van der Waals surface area contributed by atoms with Crippen LogP contribution in [0.3, 0.4) is 0 Å². The van der Waals surface area contributed by atoms with Gasteiger partial charge in [-0.25, -0.2) is 0 Å². The van der Waals surface area contributed by atoms with Crippen LogP contribution in [0, 0.1) is 11.8 Å². The van der Waals surface area contributed by atoms with E-state index in [-0.39, 0.29) is 5.91 Å². The number of nitrogens with zero attached hydrogens (tertiary/aromatic N) is 1. The first-order valence-electron chi connectivity index (χ1n) is 6.26. The number of carbonyl (C=O) groups is 1. The number of nitrogens with one attached hydrogen (secondary N) is 1. The zero-order chi connectivity index (χ0) is 12.7. The molecule has 0 radical (unpaired) electrons. The van der Waals surface area contributed by atoms with E-state index < -0.39 is 0 Å². The highest BCUT2D eigenvalue weighted by Gasteiger charge is 2.14. The van der Waals surface area contributed by atoms with Gasteiger partial charge < -0.3 is 5.73 Å². The molecule has 0 aliphatic rings. The van der Waals surface area contributed by atoms with Gasteiger partial charge in [0.2, 0.25) is 5.91 Å². The van der Waals surface area contributed by atoms with Crippen LogP contribution in [0.1, 0.15) is 33.1 Å². The van der Waals surface area contributed by atoms with Crippen molar-refractivity contribution >= 4 is 5.91 Å². The Morgan fingerprint density at radius 2 is 1.94 bits per heavy atom. The van der Waals surface area contributed by atoms with Gasteiger partial charge >= 0.3 is 0 Å². The summed E-state index contributed by atoms with van der Waals surface area (Å²) in [4.78, 5) is 11.7. The summed E-state index contributed by atoms with van der Waals surface area (Å²) in [5, 5.41) is 0. The lowest BCUT2D eigenvalue weighted by Crippen LogP contribution is -2.23. The van der Waals surface area contributed by atoms with Gasteiger partial charge in [-0.05, 0) is 43.4 Å². The fourth-order valence-corrected chi connectivity index (χ4v) is 1.95. The summed E-state index contributed by atoms with van der Waals surface area (Å²) in [7, 11) is 0. The first kappa shape index (κ1) is 13.8. The number of aromatic nitrogens is 1. The van der Waals surface area contributed by atoms with Crippen LogP contribution in [0.5, 0.6) is 0 Å². The monoisotopic (exact) mass is 237 g/mol. The van der Waals surface area contributed by atoms with Gasteiger partial charge in [-0.2, -0.15) is 0 Å². The fourth-order valence-electron chi connectivity index (χ4n) is 1.95. The number of hydrogen-bond acceptors (Lipinski definition) is 2.